The van der Waals surface area contributed by atoms with Crippen molar-refractivity contribution >= 4 is 7.82 Å². The molecule has 0 aromatic carbocycles. The molecule has 0 spiro atoms. The number of phosphoric acid groups is 1. The van der Waals surface area contributed by atoms with E-state index < -0.39 is 7.82 Å². The summed E-state index contributed by atoms with van der Waals surface area (Å²) in [6, 6.07) is 0. The van der Waals surface area contributed by atoms with Gasteiger partial charge in [-0.25, -0.2) is 4.57 Å². The normalized spacial score (nSPS) is 15.8. The third kappa shape index (κ3) is 12.5. The second-order valence-electron chi connectivity index (χ2n) is 4.37. The van der Waals surface area contributed by atoms with Crippen molar-refractivity contribution in [2.45, 2.75) is 59.3 Å². The predicted molar refractivity (Wildman–Crippen MR) is 69.9 cm³/mol. The Labute approximate surface area is 144 Å². The maximum atomic E-state index is 11.5. The molecule has 0 aliphatic heterocycles. The van der Waals surface area contributed by atoms with Crippen molar-refractivity contribution in [3.63, 3.8) is 0 Å². The Balaban J connectivity index is 0. The Morgan fingerprint density at radius 2 is 1.72 bits per heavy atom. The van der Waals surface area contributed by atoms with Crippen molar-refractivity contribution in [3.05, 3.63) is 0 Å². The van der Waals surface area contributed by atoms with Crippen LogP contribution in [0.3, 0.4) is 0 Å². The van der Waals surface area contributed by atoms with Crippen molar-refractivity contribution in [1.82, 2.24) is 0 Å². The number of unbranched alkanes of at least 4 members (excludes halogenated alkanes) is 2. The molecule has 0 bridgehead atoms. The van der Waals surface area contributed by atoms with Crippen LogP contribution in [0.2, 0.25) is 0 Å². The van der Waals surface area contributed by atoms with E-state index in [1.54, 1.807) is 0 Å². The van der Waals surface area contributed by atoms with Gasteiger partial charge in [0.05, 0.1) is 13.2 Å². The van der Waals surface area contributed by atoms with Gasteiger partial charge in [-0.2, -0.15) is 0 Å². The number of phosphoric ester groups is 1. The molecule has 0 radical (unpaired) electrons. The van der Waals surface area contributed by atoms with E-state index in [4.69, 9.17) is 9.05 Å². The third-order valence-electron chi connectivity index (χ3n) is 2.77. The fourth-order valence-corrected chi connectivity index (χ4v) is 2.29. The van der Waals surface area contributed by atoms with Crippen LogP contribution in [-0.4, -0.2) is 18.1 Å². The van der Waals surface area contributed by atoms with E-state index in [0.717, 1.165) is 38.5 Å². The van der Waals surface area contributed by atoms with Crippen LogP contribution in [0.15, 0.2) is 0 Å². The quantitative estimate of drug-likeness (QED) is 0.411. The van der Waals surface area contributed by atoms with Crippen molar-refractivity contribution in [1.29, 1.82) is 0 Å². The molecule has 2 unspecified atom stereocenters. The van der Waals surface area contributed by atoms with Gasteiger partial charge < -0.3 is 4.89 Å². The minimum Gasteiger partial charge on any atom is -0.302 e. The van der Waals surface area contributed by atoms with Crippen LogP contribution >= 0.6 is 7.82 Å². The van der Waals surface area contributed by atoms with Gasteiger partial charge in [-0.1, -0.05) is 46.5 Å². The van der Waals surface area contributed by atoms with Gasteiger partial charge in [0.1, 0.15) is 0 Å². The van der Waals surface area contributed by atoms with Crippen molar-refractivity contribution in [2.75, 3.05) is 13.2 Å². The van der Waals surface area contributed by atoms with E-state index in [0.29, 0.717) is 12.5 Å². The SMILES string of the molecule is CCCCOP(=O)(O)OCC(CC)CCCC.[Nd]. The van der Waals surface area contributed by atoms with E-state index >= 15 is 0 Å². The van der Waals surface area contributed by atoms with Crippen LogP contribution in [0.25, 0.3) is 0 Å². The second-order valence-corrected chi connectivity index (χ2v) is 5.82. The summed E-state index contributed by atoms with van der Waals surface area (Å²) in [4.78, 5) is 9.42. The maximum absolute atomic E-state index is 11.5. The average Bonchev–Trinajstić information content (AvgIpc) is 2.29. The molecule has 0 amide bonds. The summed E-state index contributed by atoms with van der Waals surface area (Å²) >= 11 is 0. The molecule has 0 fully saturated rings. The van der Waals surface area contributed by atoms with Crippen LogP contribution in [0, 0.1) is 46.8 Å². The molecule has 0 heterocycles. The Hall–Kier alpha value is 1.46. The summed E-state index contributed by atoms with van der Waals surface area (Å²) in [6.45, 7) is 6.82. The van der Waals surface area contributed by atoms with Gasteiger partial charge >= 0.3 is 7.82 Å². The summed E-state index contributed by atoms with van der Waals surface area (Å²) in [5, 5.41) is 0. The number of hydrogen-bond acceptors (Lipinski definition) is 3. The molecule has 0 aliphatic carbocycles. The monoisotopic (exact) mass is 408 g/mol. The van der Waals surface area contributed by atoms with Crippen LogP contribution in [0.5, 0.6) is 0 Å². The Morgan fingerprint density at radius 1 is 1.11 bits per heavy atom. The number of hydrogen-bond donors (Lipinski definition) is 1. The molecule has 0 aromatic rings. The molecule has 2 atom stereocenters. The fraction of sp³-hybridized carbons (Fsp3) is 1.00. The first kappa shape index (κ1) is 21.8. The van der Waals surface area contributed by atoms with Gasteiger partial charge in [0.25, 0.3) is 0 Å². The largest absolute Gasteiger partial charge is 0.472 e. The zero-order chi connectivity index (χ0) is 13.1. The van der Waals surface area contributed by atoms with E-state index in [2.05, 4.69) is 13.8 Å². The van der Waals surface area contributed by atoms with E-state index in [1.807, 2.05) is 6.92 Å². The van der Waals surface area contributed by atoms with E-state index in [-0.39, 0.29) is 47.4 Å². The summed E-state index contributed by atoms with van der Waals surface area (Å²) in [6.07, 6.45) is 6.00. The molecule has 0 aromatic heterocycles. The smallest absolute Gasteiger partial charge is 0.302 e. The summed E-state index contributed by atoms with van der Waals surface area (Å²) in [5.41, 5.74) is 0. The first-order valence-electron chi connectivity index (χ1n) is 6.67. The third-order valence-corrected chi connectivity index (χ3v) is 3.75. The zero-order valence-electron chi connectivity index (χ0n) is 11.9. The Bertz CT molecular complexity index is 226. The van der Waals surface area contributed by atoms with Crippen LogP contribution < -0.4 is 0 Å². The number of rotatable bonds is 11. The van der Waals surface area contributed by atoms with Crippen LogP contribution in [0.1, 0.15) is 59.3 Å². The molecule has 0 saturated carbocycles. The minimum atomic E-state index is -3.82. The minimum absolute atomic E-state index is 0. The topological polar surface area (TPSA) is 55.8 Å². The van der Waals surface area contributed by atoms with E-state index in [1.165, 1.54) is 0 Å². The molecule has 18 heavy (non-hydrogen) atoms. The molecule has 108 valence electrons. The van der Waals surface area contributed by atoms with E-state index in [9.17, 15) is 9.46 Å². The van der Waals surface area contributed by atoms with Gasteiger partial charge in [-0.15, -0.1) is 0 Å². The molecular formula is C12H27NdO4P. The first-order chi connectivity index (χ1) is 8.05. The molecule has 0 rings (SSSR count). The summed E-state index contributed by atoms with van der Waals surface area (Å²) in [5.74, 6) is 0.352. The molecular weight excluding hydrogens is 383 g/mol. The molecule has 6 heteroatoms. The Kier molecular flexibility index (Phi) is 16.2. The molecule has 1 N–H and O–H groups in total. The van der Waals surface area contributed by atoms with Crippen molar-refractivity contribution < 1.29 is 59.3 Å². The van der Waals surface area contributed by atoms with Gasteiger partial charge in [-0.3, -0.25) is 9.05 Å². The van der Waals surface area contributed by atoms with Crippen LogP contribution in [0.4, 0.5) is 0 Å². The maximum Gasteiger partial charge on any atom is 0.472 e. The van der Waals surface area contributed by atoms with Crippen molar-refractivity contribution in [2.24, 2.45) is 5.92 Å². The first-order valence-corrected chi connectivity index (χ1v) is 8.17. The predicted octanol–water partition coefficient (Wildman–Crippen LogP) is 4.14. The average molecular weight is 411 g/mol. The van der Waals surface area contributed by atoms with Gasteiger partial charge in [0.15, 0.2) is 0 Å². The summed E-state index contributed by atoms with van der Waals surface area (Å²) < 4.78 is 21.4. The molecule has 4 nitrogen and oxygen atoms in total. The van der Waals surface area contributed by atoms with Crippen LogP contribution in [-0.2, 0) is 13.6 Å². The van der Waals surface area contributed by atoms with Gasteiger partial charge in [-0.05, 0) is 18.8 Å². The fourth-order valence-electron chi connectivity index (χ4n) is 1.46. The van der Waals surface area contributed by atoms with Crippen molar-refractivity contribution in [3.8, 4) is 0 Å². The molecule has 0 saturated heterocycles. The standard InChI is InChI=1S/C12H27O4P.Nd/c1-4-7-9-12(6-3)11-16-17(13,14)15-10-8-5-2;/h12H,4-11H2,1-3H3,(H,13,14);. The zero-order valence-corrected chi connectivity index (χ0v) is 16.0. The molecule has 0 aliphatic rings. The Morgan fingerprint density at radius 3 is 2.22 bits per heavy atom. The van der Waals surface area contributed by atoms with Gasteiger partial charge in [0.2, 0.25) is 0 Å². The second kappa shape index (κ2) is 13.4. The summed E-state index contributed by atoms with van der Waals surface area (Å²) in [7, 11) is -3.82. The van der Waals surface area contributed by atoms with Gasteiger partial charge in [0, 0.05) is 40.8 Å².